The number of carbonyl (C=O) groups is 3. The number of Topliss-reactive ketones (excluding diaryl/α,β-unsaturated/α-hetero) is 1. The Morgan fingerprint density at radius 2 is 1.42 bits per heavy atom. The fraction of sp³-hybridized carbons (Fsp3) is 0.378. The van der Waals surface area contributed by atoms with Gasteiger partial charge in [0.25, 0.3) is 0 Å². The predicted octanol–water partition coefficient (Wildman–Crippen LogP) is 7.76. The molecular weight excluding hydrogens is 582 g/mol. The monoisotopic (exact) mass is 625 g/mol. The first kappa shape index (κ1) is 33.7. The van der Waals surface area contributed by atoms with Crippen LogP contribution in [0.3, 0.4) is 0 Å². The number of carbonyl (C=O) groups excluding carboxylic acids is 3. The van der Waals surface area contributed by atoms with Gasteiger partial charge in [-0.3, -0.25) is 9.59 Å². The molecular formula is C37H43N3O4S. The molecule has 4 aromatic rings. The minimum absolute atomic E-state index is 0.0162. The number of ketones is 1. The molecule has 0 bridgehead atoms. The average molecular weight is 626 g/mol. The summed E-state index contributed by atoms with van der Waals surface area (Å²) < 4.78 is 5.44. The van der Waals surface area contributed by atoms with E-state index in [4.69, 9.17) is 4.74 Å². The zero-order valence-corrected chi connectivity index (χ0v) is 28.2. The fourth-order valence-corrected chi connectivity index (χ4v) is 5.71. The van der Waals surface area contributed by atoms with Crippen molar-refractivity contribution in [1.82, 2.24) is 15.3 Å². The van der Waals surface area contributed by atoms with Crippen LogP contribution in [-0.4, -0.2) is 39.3 Å². The molecule has 0 aliphatic rings. The van der Waals surface area contributed by atoms with Gasteiger partial charge >= 0.3 is 5.97 Å². The summed E-state index contributed by atoms with van der Waals surface area (Å²) in [6.45, 7) is 15.3. The first-order chi connectivity index (χ1) is 21.1. The van der Waals surface area contributed by atoms with Gasteiger partial charge < -0.3 is 10.1 Å². The molecule has 1 amide bonds. The Morgan fingerprint density at radius 1 is 0.822 bits per heavy atom. The van der Waals surface area contributed by atoms with Crippen molar-refractivity contribution in [1.29, 1.82) is 0 Å². The Morgan fingerprint density at radius 3 is 1.98 bits per heavy atom. The minimum atomic E-state index is -0.856. The average Bonchev–Trinajstić information content (AvgIpc) is 3.48. The van der Waals surface area contributed by atoms with Gasteiger partial charge in [-0.05, 0) is 69.7 Å². The fourth-order valence-electron chi connectivity index (χ4n) is 4.70. The van der Waals surface area contributed by atoms with E-state index in [9.17, 15) is 14.4 Å². The Bertz CT molecular complexity index is 1630. The van der Waals surface area contributed by atoms with E-state index in [0.29, 0.717) is 17.1 Å². The molecule has 0 fully saturated rings. The highest BCUT2D eigenvalue weighted by molar-refractivity contribution is 7.14. The number of amides is 1. The normalized spacial score (nSPS) is 13.2. The minimum Gasteiger partial charge on any atom is -0.458 e. The summed E-state index contributed by atoms with van der Waals surface area (Å²) in [4.78, 5) is 50.4. The molecule has 0 saturated carbocycles. The van der Waals surface area contributed by atoms with Crippen LogP contribution < -0.4 is 5.32 Å². The van der Waals surface area contributed by atoms with Crippen LogP contribution in [0.2, 0.25) is 0 Å². The SMILES string of the molecule is Cc1ccc(-c2cnc(-c3ccc(C[C@H](CC(=O)c4ccc(C(C)(C)C)s4)C(=O)N[C@H](C)C(=O)OC(C)(C)C)cc3)nc2)cc1. The second kappa shape index (κ2) is 13.9. The molecule has 2 aromatic carbocycles. The summed E-state index contributed by atoms with van der Waals surface area (Å²) in [6.07, 6.45) is 3.97. The number of rotatable bonds is 10. The molecule has 0 unspecified atom stereocenters. The van der Waals surface area contributed by atoms with Crippen LogP contribution >= 0.6 is 11.3 Å². The first-order valence-electron chi connectivity index (χ1n) is 15.2. The van der Waals surface area contributed by atoms with Gasteiger partial charge in [-0.25, -0.2) is 14.8 Å². The van der Waals surface area contributed by atoms with E-state index in [1.807, 2.05) is 48.8 Å². The third-order valence-electron chi connectivity index (χ3n) is 7.27. The summed E-state index contributed by atoms with van der Waals surface area (Å²) >= 11 is 1.46. The van der Waals surface area contributed by atoms with E-state index < -0.39 is 23.5 Å². The van der Waals surface area contributed by atoms with Gasteiger partial charge in [-0.15, -0.1) is 11.3 Å². The van der Waals surface area contributed by atoms with Gasteiger partial charge in [-0.2, -0.15) is 0 Å². The number of aryl methyl sites for hydroxylation is 1. The second-order valence-electron chi connectivity index (χ2n) is 13.6. The smallest absolute Gasteiger partial charge is 0.328 e. The van der Waals surface area contributed by atoms with Crippen LogP contribution in [0, 0.1) is 12.8 Å². The maximum Gasteiger partial charge on any atom is 0.328 e. The lowest BCUT2D eigenvalue weighted by molar-refractivity contribution is -0.158. The molecule has 7 nitrogen and oxygen atoms in total. The van der Waals surface area contributed by atoms with Crippen molar-refractivity contribution in [3.8, 4) is 22.5 Å². The zero-order chi connectivity index (χ0) is 32.9. The van der Waals surface area contributed by atoms with Crippen molar-refractivity contribution >= 4 is 29.0 Å². The van der Waals surface area contributed by atoms with Gasteiger partial charge in [-0.1, -0.05) is 74.9 Å². The van der Waals surface area contributed by atoms with Crippen molar-refractivity contribution in [3.05, 3.63) is 93.9 Å². The van der Waals surface area contributed by atoms with Crippen LogP contribution in [0.5, 0.6) is 0 Å². The third-order valence-corrected chi connectivity index (χ3v) is 8.82. The number of hydrogen-bond acceptors (Lipinski definition) is 7. The van der Waals surface area contributed by atoms with Crippen molar-refractivity contribution in [2.45, 2.75) is 85.3 Å². The number of benzene rings is 2. The third kappa shape index (κ3) is 9.41. The van der Waals surface area contributed by atoms with Gasteiger partial charge in [0.1, 0.15) is 11.6 Å². The maximum absolute atomic E-state index is 13.5. The number of nitrogens with one attached hydrogen (secondary N) is 1. The van der Waals surface area contributed by atoms with E-state index in [1.54, 1.807) is 27.7 Å². The topological polar surface area (TPSA) is 98.2 Å². The molecule has 236 valence electrons. The first-order valence-corrected chi connectivity index (χ1v) is 16.1. The molecule has 0 aliphatic heterocycles. The van der Waals surface area contributed by atoms with Crippen LogP contribution in [0.15, 0.2) is 73.1 Å². The lowest BCUT2D eigenvalue weighted by atomic mass is 9.92. The Balaban J connectivity index is 1.51. The second-order valence-corrected chi connectivity index (χ2v) is 14.6. The van der Waals surface area contributed by atoms with Crippen LogP contribution in [0.4, 0.5) is 0 Å². The van der Waals surface area contributed by atoms with E-state index in [0.717, 1.165) is 27.1 Å². The highest BCUT2D eigenvalue weighted by atomic mass is 32.1. The van der Waals surface area contributed by atoms with Crippen molar-refractivity contribution in [3.63, 3.8) is 0 Å². The standard InChI is InChI=1S/C37H43N3O4S/c1-23-9-13-26(14-10-23)29-21-38-33(39-22-29)27-15-11-25(12-16-27)19-28(34(42)40-24(2)35(43)44-37(6,7)8)20-30(41)31-17-18-32(45-31)36(3,4)5/h9-18,21-22,24,28H,19-20H2,1-8H3,(H,40,42)/t24-,28-/m1/s1. The summed E-state index contributed by atoms with van der Waals surface area (Å²) in [5.41, 5.74) is 4.16. The highest BCUT2D eigenvalue weighted by Crippen LogP contribution is 2.31. The van der Waals surface area contributed by atoms with Crippen molar-refractivity contribution in [2.24, 2.45) is 5.92 Å². The van der Waals surface area contributed by atoms with Crippen LogP contribution in [0.1, 0.15) is 80.6 Å². The summed E-state index contributed by atoms with van der Waals surface area (Å²) in [5.74, 6) is -1.07. The molecule has 2 atom stereocenters. The molecule has 4 rings (SSSR count). The highest BCUT2D eigenvalue weighted by Gasteiger charge is 2.29. The molecule has 2 heterocycles. The molecule has 2 aromatic heterocycles. The molecule has 0 aliphatic carbocycles. The molecule has 0 spiro atoms. The zero-order valence-electron chi connectivity index (χ0n) is 27.4. The number of ether oxygens (including phenoxy) is 1. The lowest BCUT2D eigenvalue weighted by Crippen LogP contribution is -2.45. The largest absolute Gasteiger partial charge is 0.458 e. The van der Waals surface area contributed by atoms with Gasteiger partial charge in [0, 0.05) is 40.7 Å². The number of thiophene rings is 1. The summed E-state index contributed by atoms with van der Waals surface area (Å²) in [6, 6.07) is 18.9. The Labute approximate surface area is 270 Å². The number of hydrogen-bond donors (Lipinski definition) is 1. The van der Waals surface area contributed by atoms with Crippen LogP contribution in [-0.2, 0) is 26.2 Å². The maximum atomic E-state index is 13.5. The molecule has 0 radical (unpaired) electrons. The van der Waals surface area contributed by atoms with E-state index >= 15 is 0 Å². The Kier molecular flexibility index (Phi) is 10.4. The van der Waals surface area contributed by atoms with Crippen molar-refractivity contribution < 1.29 is 19.1 Å². The molecule has 8 heteroatoms. The number of aromatic nitrogens is 2. The molecule has 0 saturated heterocycles. The van der Waals surface area contributed by atoms with Crippen LogP contribution in [0.25, 0.3) is 22.5 Å². The van der Waals surface area contributed by atoms with Gasteiger partial charge in [0.15, 0.2) is 11.6 Å². The quantitative estimate of drug-likeness (QED) is 0.143. The summed E-state index contributed by atoms with van der Waals surface area (Å²) in [5, 5.41) is 2.79. The summed E-state index contributed by atoms with van der Waals surface area (Å²) in [7, 11) is 0. The molecule has 1 N–H and O–H groups in total. The van der Waals surface area contributed by atoms with Gasteiger partial charge in [0.05, 0.1) is 4.88 Å². The number of esters is 1. The van der Waals surface area contributed by atoms with E-state index in [1.165, 1.54) is 16.9 Å². The predicted molar refractivity (Wildman–Crippen MR) is 180 cm³/mol. The van der Waals surface area contributed by atoms with Crippen molar-refractivity contribution in [2.75, 3.05) is 0 Å². The Hall–Kier alpha value is -4.17. The molecule has 45 heavy (non-hydrogen) atoms. The van der Waals surface area contributed by atoms with E-state index in [2.05, 4.69) is 67.2 Å². The van der Waals surface area contributed by atoms with Gasteiger partial charge in [0.2, 0.25) is 5.91 Å². The lowest BCUT2D eigenvalue weighted by Gasteiger charge is -2.24. The number of nitrogens with zero attached hydrogens (tertiary/aromatic N) is 2. The van der Waals surface area contributed by atoms with E-state index in [-0.39, 0.29) is 23.5 Å².